The summed E-state index contributed by atoms with van der Waals surface area (Å²) in [4.78, 5) is 4.04. The SMILES string of the molecule is Clc1cc(Cl)c2occ(Br)c2n1. The Bertz CT molecular complexity index is 440. The van der Waals surface area contributed by atoms with Crippen LogP contribution in [0, 0.1) is 0 Å². The fraction of sp³-hybridized carbons (Fsp3) is 0. The van der Waals surface area contributed by atoms with Gasteiger partial charge in [-0.2, -0.15) is 0 Å². The van der Waals surface area contributed by atoms with E-state index in [0.717, 1.165) is 4.47 Å². The average Bonchev–Trinajstić information content (AvgIpc) is 2.33. The minimum absolute atomic E-state index is 0.356. The van der Waals surface area contributed by atoms with Gasteiger partial charge in [0.1, 0.15) is 16.9 Å². The van der Waals surface area contributed by atoms with Gasteiger partial charge >= 0.3 is 0 Å². The van der Waals surface area contributed by atoms with Crippen LogP contribution >= 0.6 is 39.1 Å². The molecule has 0 spiro atoms. The zero-order valence-electron chi connectivity index (χ0n) is 5.64. The van der Waals surface area contributed by atoms with Gasteiger partial charge in [-0.25, -0.2) is 4.98 Å². The monoisotopic (exact) mass is 265 g/mol. The van der Waals surface area contributed by atoms with E-state index in [1.807, 2.05) is 0 Å². The second-order valence-corrected chi connectivity index (χ2v) is 3.84. The molecule has 0 fully saturated rings. The number of halogens is 3. The summed E-state index contributed by atoms with van der Waals surface area (Å²) in [6.07, 6.45) is 1.53. The third-order valence-electron chi connectivity index (χ3n) is 1.40. The normalized spacial score (nSPS) is 10.9. The molecule has 0 saturated heterocycles. The summed E-state index contributed by atoms with van der Waals surface area (Å²) in [5.41, 5.74) is 1.19. The van der Waals surface area contributed by atoms with Gasteiger partial charge in [0.05, 0.1) is 9.50 Å². The number of aromatic nitrogens is 1. The molecule has 2 nitrogen and oxygen atoms in total. The smallest absolute Gasteiger partial charge is 0.172 e. The number of pyridine rings is 1. The number of furan rings is 1. The molecule has 0 saturated carbocycles. The van der Waals surface area contributed by atoms with Gasteiger partial charge in [-0.15, -0.1) is 0 Å². The maximum atomic E-state index is 5.84. The summed E-state index contributed by atoms with van der Waals surface area (Å²) >= 11 is 14.8. The second-order valence-electron chi connectivity index (χ2n) is 2.19. The lowest BCUT2D eigenvalue weighted by Crippen LogP contribution is -1.76. The fourth-order valence-electron chi connectivity index (χ4n) is 0.914. The van der Waals surface area contributed by atoms with Gasteiger partial charge in [-0.05, 0) is 22.0 Å². The maximum Gasteiger partial charge on any atom is 0.172 e. The Balaban J connectivity index is 2.92. The van der Waals surface area contributed by atoms with Crippen LogP contribution in [-0.2, 0) is 0 Å². The molecule has 0 amide bonds. The van der Waals surface area contributed by atoms with E-state index in [4.69, 9.17) is 27.6 Å². The molecule has 2 aromatic rings. The van der Waals surface area contributed by atoms with Gasteiger partial charge in [0.15, 0.2) is 5.58 Å². The summed E-state index contributed by atoms with van der Waals surface area (Å²) in [6.45, 7) is 0. The van der Waals surface area contributed by atoms with Crippen molar-refractivity contribution in [1.82, 2.24) is 4.98 Å². The standard InChI is InChI=1S/C7H2BrCl2NO/c8-3-2-12-7-4(9)1-5(10)11-6(3)7/h1-2H. The van der Waals surface area contributed by atoms with Gasteiger partial charge in [0.2, 0.25) is 0 Å². The van der Waals surface area contributed by atoms with Crippen molar-refractivity contribution in [3.8, 4) is 0 Å². The topological polar surface area (TPSA) is 26.0 Å². The summed E-state index contributed by atoms with van der Waals surface area (Å²) in [5, 5.41) is 0.824. The van der Waals surface area contributed by atoms with E-state index in [0.29, 0.717) is 21.3 Å². The Morgan fingerprint density at radius 1 is 1.42 bits per heavy atom. The summed E-state index contributed by atoms with van der Waals surface area (Å²) in [7, 11) is 0. The van der Waals surface area contributed by atoms with E-state index >= 15 is 0 Å². The van der Waals surface area contributed by atoms with Crippen LogP contribution in [0.1, 0.15) is 0 Å². The molecule has 2 aromatic heterocycles. The van der Waals surface area contributed by atoms with E-state index < -0.39 is 0 Å². The summed E-state index contributed by atoms with van der Waals surface area (Å²) in [6, 6.07) is 1.54. The van der Waals surface area contributed by atoms with E-state index in [1.54, 1.807) is 6.07 Å². The molecular formula is C7H2BrCl2NO. The zero-order valence-corrected chi connectivity index (χ0v) is 8.74. The van der Waals surface area contributed by atoms with Crippen LogP contribution in [0.3, 0.4) is 0 Å². The molecule has 0 aliphatic heterocycles. The van der Waals surface area contributed by atoms with Crippen LogP contribution in [0.15, 0.2) is 21.2 Å². The van der Waals surface area contributed by atoms with Gasteiger partial charge in [0.25, 0.3) is 0 Å². The molecule has 0 bridgehead atoms. The highest BCUT2D eigenvalue weighted by Crippen LogP contribution is 2.31. The van der Waals surface area contributed by atoms with Gasteiger partial charge in [-0.1, -0.05) is 23.2 Å². The number of hydrogen-bond acceptors (Lipinski definition) is 2. The predicted molar refractivity (Wildman–Crippen MR) is 51.7 cm³/mol. The number of rotatable bonds is 0. The third-order valence-corrected chi connectivity index (χ3v) is 2.44. The van der Waals surface area contributed by atoms with Crippen molar-refractivity contribution in [2.75, 3.05) is 0 Å². The molecule has 2 heterocycles. The van der Waals surface area contributed by atoms with Crippen molar-refractivity contribution in [3.05, 3.63) is 27.0 Å². The first-order valence-corrected chi connectivity index (χ1v) is 4.62. The Morgan fingerprint density at radius 3 is 2.92 bits per heavy atom. The number of fused-ring (bicyclic) bond motifs is 1. The van der Waals surface area contributed by atoms with Crippen LogP contribution in [-0.4, -0.2) is 4.98 Å². The van der Waals surface area contributed by atoms with Crippen molar-refractivity contribution in [2.24, 2.45) is 0 Å². The lowest BCUT2D eigenvalue weighted by atomic mass is 10.4. The molecule has 0 radical (unpaired) electrons. The third kappa shape index (κ3) is 1.22. The Labute approximate surface area is 86.6 Å². The highest BCUT2D eigenvalue weighted by molar-refractivity contribution is 9.10. The molecule has 2 rings (SSSR count). The van der Waals surface area contributed by atoms with Crippen molar-refractivity contribution in [1.29, 1.82) is 0 Å². The van der Waals surface area contributed by atoms with E-state index in [-0.39, 0.29) is 0 Å². The fourth-order valence-corrected chi connectivity index (χ4v) is 1.76. The largest absolute Gasteiger partial charge is 0.460 e. The van der Waals surface area contributed by atoms with Crippen LogP contribution in [0.4, 0.5) is 0 Å². The number of nitrogens with zero attached hydrogens (tertiary/aromatic N) is 1. The molecule has 62 valence electrons. The Kier molecular flexibility index (Phi) is 2.02. The molecular weight excluding hydrogens is 265 g/mol. The van der Waals surface area contributed by atoms with Crippen molar-refractivity contribution < 1.29 is 4.42 Å². The summed E-state index contributed by atoms with van der Waals surface area (Å²) in [5.74, 6) is 0. The minimum Gasteiger partial charge on any atom is -0.460 e. The average molecular weight is 267 g/mol. The first-order valence-electron chi connectivity index (χ1n) is 3.07. The maximum absolute atomic E-state index is 5.84. The quantitative estimate of drug-likeness (QED) is 0.676. The molecule has 5 heteroatoms. The van der Waals surface area contributed by atoms with Crippen LogP contribution in [0.5, 0.6) is 0 Å². The lowest BCUT2D eigenvalue weighted by molar-refractivity contribution is 0.613. The Morgan fingerprint density at radius 2 is 2.17 bits per heavy atom. The van der Waals surface area contributed by atoms with Crippen molar-refractivity contribution in [3.63, 3.8) is 0 Å². The Hall–Kier alpha value is -0.250. The summed E-state index contributed by atoms with van der Waals surface area (Å²) < 4.78 is 5.89. The van der Waals surface area contributed by atoms with E-state index in [1.165, 1.54) is 6.26 Å². The molecule has 0 N–H and O–H groups in total. The van der Waals surface area contributed by atoms with Crippen LogP contribution in [0.25, 0.3) is 11.1 Å². The van der Waals surface area contributed by atoms with Gasteiger partial charge in [0, 0.05) is 0 Å². The second kappa shape index (κ2) is 2.91. The predicted octanol–water partition coefficient (Wildman–Crippen LogP) is 3.90. The molecule has 0 aliphatic rings. The van der Waals surface area contributed by atoms with Crippen molar-refractivity contribution in [2.45, 2.75) is 0 Å². The molecule has 12 heavy (non-hydrogen) atoms. The molecule has 0 atom stereocenters. The number of hydrogen-bond donors (Lipinski definition) is 0. The molecule has 0 unspecified atom stereocenters. The zero-order chi connectivity index (χ0) is 8.72. The molecule has 0 aromatic carbocycles. The highest BCUT2D eigenvalue weighted by Gasteiger charge is 2.09. The highest BCUT2D eigenvalue weighted by atomic mass is 79.9. The van der Waals surface area contributed by atoms with E-state index in [9.17, 15) is 0 Å². The van der Waals surface area contributed by atoms with Gasteiger partial charge in [-0.3, -0.25) is 0 Å². The van der Waals surface area contributed by atoms with Crippen LogP contribution in [0.2, 0.25) is 10.2 Å². The van der Waals surface area contributed by atoms with Crippen molar-refractivity contribution >= 4 is 50.2 Å². The van der Waals surface area contributed by atoms with E-state index in [2.05, 4.69) is 20.9 Å². The van der Waals surface area contributed by atoms with Crippen LogP contribution < -0.4 is 0 Å². The lowest BCUT2D eigenvalue weighted by Gasteiger charge is -1.92. The first-order chi connectivity index (χ1) is 5.68. The van der Waals surface area contributed by atoms with Gasteiger partial charge < -0.3 is 4.42 Å². The first kappa shape index (κ1) is 8.35. The minimum atomic E-state index is 0.356. The molecule has 0 aliphatic carbocycles.